The predicted molar refractivity (Wildman–Crippen MR) is 92.3 cm³/mol. The molecule has 11 heteroatoms. The highest BCUT2D eigenvalue weighted by molar-refractivity contribution is 7.91. The van der Waals surface area contributed by atoms with Crippen LogP contribution >= 0.6 is 0 Å². The standard InChI is InChI=1S/C18H14F4N2O4S/c1-17(26,16(24)25)15(29(27,28)13-6-4-12(19)5-7-13)10-2-3-11(9-23)14(8-10)18(20,21)22/h2-8,15,26H,1H3,(H2,24,25). The maximum Gasteiger partial charge on any atom is 0.417 e. The third-order valence-electron chi connectivity index (χ3n) is 4.23. The molecule has 0 radical (unpaired) electrons. The van der Waals surface area contributed by atoms with Crippen molar-refractivity contribution >= 4 is 15.7 Å². The van der Waals surface area contributed by atoms with Gasteiger partial charge in [-0.3, -0.25) is 4.79 Å². The highest BCUT2D eigenvalue weighted by atomic mass is 32.2. The van der Waals surface area contributed by atoms with Crippen molar-refractivity contribution < 1.29 is 35.9 Å². The number of halogens is 4. The molecule has 154 valence electrons. The number of primary amides is 1. The molecule has 0 bridgehead atoms. The summed E-state index contributed by atoms with van der Waals surface area (Å²) >= 11 is 0. The van der Waals surface area contributed by atoms with Gasteiger partial charge in [-0.25, -0.2) is 12.8 Å². The highest BCUT2D eigenvalue weighted by Crippen LogP contribution is 2.41. The van der Waals surface area contributed by atoms with E-state index in [4.69, 9.17) is 11.0 Å². The van der Waals surface area contributed by atoms with Crippen molar-refractivity contribution in [3.63, 3.8) is 0 Å². The minimum absolute atomic E-state index is 0.363. The number of aliphatic hydroxyl groups is 1. The molecular weight excluding hydrogens is 416 g/mol. The number of hydrogen-bond donors (Lipinski definition) is 2. The van der Waals surface area contributed by atoms with Gasteiger partial charge in [0.1, 0.15) is 11.1 Å². The van der Waals surface area contributed by atoms with Crippen LogP contribution in [-0.2, 0) is 20.8 Å². The lowest BCUT2D eigenvalue weighted by molar-refractivity contribution is -0.137. The van der Waals surface area contributed by atoms with Gasteiger partial charge in [-0.05, 0) is 48.9 Å². The minimum Gasteiger partial charge on any atom is -0.379 e. The lowest BCUT2D eigenvalue weighted by atomic mass is 9.92. The third-order valence-corrected chi connectivity index (χ3v) is 6.52. The normalized spacial score (nSPS) is 15.2. The Morgan fingerprint density at radius 3 is 2.17 bits per heavy atom. The van der Waals surface area contributed by atoms with Gasteiger partial charge in [-0.15, -0.1) is 0 Å². The lowest BCUT2D eigenvalue weighted by Gasteiger charge is -2.30. The molecule has 2 rings (SSSR count). The van der Waals surface area contributed by atoms with E-state index in [1.165, 1.54) is 6.07 Å². The topological polar surface area (TPSA) is 121 Å². The molecule has 0 fully saturated rings. The van der Waals surface area contributed by atoms with Gasteiger partial charge < -0.3 is 10.8 Å². The number of benzene rings is 2. The van der Waals surface area contributed by atoms with Gasteiger partial charge in [0.2, 0.25) is 0 Å². The number of carbonyl (C=O) groups is 1. The molecule has 0 aliphatic rings. The monoisotopic (exact) mass is 430 g/mol. The van der Waals surface area contributed by atoms with E-state index in [2.05, 4.69) is 0 Å². The molecule has 2 unspecified atom stereocenters. The maximum atomic E-state index is 13.3. The average molecular weight is 430 g/mol. The zero-order valence-electron chi connectivity index (χ0n) is 14.7. The van der Waals surface area contributed by atoms with Crippen LogP contribution in [0.2, 0.25) is 0 Å². The number of amides is 1. The van der Waals surface area contributed by atoms with E-state index in [1.54, 1.807) is 0 Å². The minimum atomic E-state index is -5.01. The molecule has 3 N–H and O–H groups in total. The Hall–Kier alpha value is -2.97. The van der Waals surface area contributed by atoms with Crippen LogP contribution in [0.1, 0.15) is 28.9 Å². The van der Waals surface area contributed by atoms with Crippen LogP contribution in [0.15, 0.2) is 47.4 Å². The molecule has 0 aliphatic carbocycles. The fraction of sp³-hybridized carbons (Fsp3) is 0.222. The van der Waals surface area contributed by atoms with Crippen LogP contribution in [0.3, 0.4) is 0 Å². The molecule has 1 amide bonds. The van der Waals surface area contributed by atoms with Crippen molar-refractivity contribution in [3.8, 4) is 6.07 Å². The Morgan fingerprint density at radius 2 is 1.72 bits per heavy atom. The van der Waals surface area contributed by atoms with E-state index in [0.29, 0.717) is 6.07 Å². The first-order chi connectivity index (χ1) is 13.2. The predicted octanol–water partition coefficient (Wildman–Crippen LogP) is 2.47. The lowest BCUT2D eigenvalue weighted by Crippen LogP contribution is -2.48. The molecule has 0 heterocycles. The van der Waals surface area contributed by atoms with Crippen molar-refractivity contribution in [3.05, 3.63) is 65.0 Å². The van der Waals surface area contributed by atoms with Crippen LogP contribution in [0.25, 0.3) is 0 Å². The summed E-state index contributed by atoms with van der Waals surface area (Å²) in [7, 11) is -4.72. The zero-order valence-corrected chi connectivity index (χ0v) is 15.6. The summed E-state index contributed by atoms with van der Waals surface area (Å²) < 4.78 is 79.2. The van der Waals surface area contributed by atoms with Crippen LogP contribution in [0, 0.1) is 17.1 Å². The summed E-state index contributed by atoms with van der Waals surface area (Å²) in [5.41, 5.74) is -0.578. The van der Waals surface area contributed by atoms with E-state index in [-0.39, 0.29) is 0 Å². The van der Waals surface area contributed by atoms with E-state index >= 15 is 0 Å². The van der Waals surface area contributed by atoms with Crippen molar-refractivity contribution in [2.45, 2.75) is 28.8 Å². The van der Waals surface area contributed by atoms with Crippen LogP contribution in [0.5, 0.6) is 0 Å². The number of alkyl halides is 3. The van der Waals surface area contributed by atoms with Gasteiger partial charge in [0, 0.05) is 0 Å². The summed E-state index contributed by atoms with van der Waals surface area (Å²) in [5, 5.41) is 17.1. The smallest absolute Gasteiger partial charge is 0.379 e. The number of sulfone groups is 1. The summed E-state index contributed by atoms with van der Waals surface area (Å²) in [4.78, 5) is 11.2. The quantitative estimate of drug-likeness (QED) is 0.558. The number of carbonyl (C=O) groups excluding carboxylic acids is 1. The fourth-order valence-corrected chi connectivity index (χ4v) is 4.77. The van der Waals surface area contributed by atoms with Crippen LogP contribution in [-0.4, -0.2) is 25.0 Å². The Bertz CT molecular complexity index is 1090. The number of rotatable bonds is 5. The van der Waals surface area contributed by atoms with Crippen molar-refractivity contribution in [2.75, 3.05) is 0 Å². The first kappa shape index (κ1) is 22.3. The second-order valence-corrected chi connectivity index (χ2v) is 8.34. The summed E-state index contributed by atoms with van der Waals surface area (Å²) in [6, 6.07) is 6.56. The average Bonchev–Trinajstić information content (AvgIpc) is 2.60. The first-order valence-electron chi connectivity index (χ1n) is 7.86. The molecule has 2 aromatic carbocycles. The van der Waals surface area contributed by atoms with Gasteiger partial charge in [0.05, 0.1) is 22.1 Å². The summed E-state index contributed by atoms with van der Waals surface area (Å²) in [5.74, 6) is -2.29. The Balaban J connectivity index is 2.82. The van der Waals surface area contributed by atoms with E-state index in [1.807, 2.05) is 0 Å². The van der Waals surface area contributed by atoms with Gasteiger partial charge >= 0.3 is 6.18 Å². The zero-order chi connectivity index (χ0) is 22.2. The fourth-order valence-electron chi connectivity index (χ4n) is 2.75. The number of hydrogen-bond acceptors (Lipinski definition) is 5. The van der Waals surface area contributed by atoms with Crippen molar-refractivity contribution in [2.24, 2.45) is 5.73 Å². The summed E-state index contributed by atoms with van der Waals surface area (Å²) in [6.45, 7) is 0.743. The molecule has 29 heavy (non-hydrogen) atoms. The van der Waals surface area contributed by atoms with E-state index in [0.717, 1.165) is 43.3 Å². The molecule has 0 saturated heterocycles. The maximum absolute atomic E-state index is 13.3. The molecule has 6 nitrogen and oxygen atoms in total. The molecule has 0 saturated carbocycles. The Kier molecular flexibility index (Phi) is 5.74. The highest BCUT2D eigenvalue weighted by Gasteiger charge is 2.48. The number of nitrogens with zero attached hydrogens (tertiary/aromatic N) is 1. The summed E-state index contributed by atoms with van der Waals surface area (Å²) in [6.07, 6.45) is -5.01. The van der Waals surface area contributed by atoms with Gasteiger partial charge in [-0.2, -0.15) is 18.4 Å². The number of nitriles is 1. The Morgan fingerprint density at radius 1 is 1.17 bits per heavy atom. The second-order valence-electron chi connectivity index (χ2n) is 6.31. The third kappa shape index (κ3) is 4.23. The Labute approximate surface area is 163 Å². The molecular formula is C18H14F4N2O4S. The van der Waals surface area contributed by atoms with E-state index < -0.39 is 60.2 Å². The van der Waals surface area contributed by atoms with Crippen molar-refractivity contribution in [1.29, 1.82) is 5.26 Å². The molecule has 2 aromatic rings. The number of nitrogens with two attached hydrogens (primary N) is 1. The van der Waals surface area contributed by atoms with Gasteiger partial charge in [0.25, 0.3) is 5.91 Å². The largest absolute Gasteiger partial charge is 0.417 e. The van der Waals surface area contributed by atoms with Gasteiger partial charge in [0.15, 0.2) is 15.4 Å². The van der Waals surface area contributed by atoms with Crippen LogP contribution < -0.4 is 5.73 Å². The SMILES string of the molecule is CC(O)(C(N)=O)C(c1ccc(C#N)c(C(F)(F)F)c1)S(=O)(=O)c1ccc(F)cc1. The van der Waals surface area contributed by atoms with E-state index in [9.17, 15) is 35.9 Å². The van der Waals surface area contributed by atoms with Gasteiger partial charge in [-0.1, -0.05) is 6.07 Å². The van der Waals surface area contributed by atoms with Crippen molar-refractivity contribution in [1.82, 2.24) is 0 Å². The second kappa shape index (κ2) is 7.46. The molecule has 0 aliphatic heterocycles. The molecule has 2 atom stereocenters. The van der Waals surface area contributed by atoms with Crippen LogP contribution in [0.4, 0.5) is 17.6 Å². The molecule has 0 spiro atoms. The first-order valence-corrected chi connectivity index (χ1v) is 9.40. The molecule has 0 aromatic heterocycles.